The molecule has 0 aliphatic carbocycles. The number of rotatable bonds is 6. The van der Waals surface area contributed by atoms with Gasteiger partial charge in [-0.3, -0.25) is 9.52 Å². The average molecular weight is 450 g/mol. The third-order valence-corrected chi connectivity index (χ3v) is 7.23. The Labute approximate surface area is 189 Å². The Morgan fingerprint density at radius 1 is 0.875 bits per heavy atom. The van der Waals surface area contributed by atoms with E-state index >= 15 is 0 Å². The van der Waals surface area contributed by atoms with Crippen molar-refractivity contribution in [3.8, 4) is 0 Å². The molecule has 0 radical (unpaired) electrons. The van der Waals surface area contributed by atoms with Gasteiger partial charge in [0.2, 0.25) is 0 Å². The Morgan fingerprint density at radius 3 is 2.25 bits per heavy atom. The van der Waals surface area contributed by atoms with Crippen LogP contribution < -0.4 is 14.9 Å². The minimum atomic E-state index is -3.85. The monoisotopic (exact) mass is 449 g/mol. The van der Waals surface area contributed by atoms with E-state index in [0.29, 0.717) is 16.9 Å². The fourth-order valence-corrected chi connectivity index (χ4v) is 5.25. The van der Waals surface area contributed by atoms with Crippen molar-refractivity contribution in [2.24, 2.45) is 0 Å². The molecule has 0 bridgehead atoms. The molecule has 1 heterocycles. The first-order valence-electron chi connectivity index (χ1n) is 10.7. The minimum absolute atomic E-state index is 0.0813. The van der Waals surface area contributed by atoms with Gasteiger partial charge in [0.15, 0.2) is 0 Å². The van der Waals surface area contributed by atoms with Crippen LogP contribution >= 0.6 is 0 Å². The van der Waals surface area contributed by atoms with Crippen LogP contribution in [0.3, 0.4) is 0 Å². The minimum Gasteiger partial charge on any atom is -0.372 e. The van der Waals surface area contributed by atoms with Crippen LogP contribution in [0.4, 0.5) is 17.1 Å². The SMILES string of the molecule is Cc1ccccc1NS(=O)(=O)c1cc(C(=O)Nc2ccc(N3CCCC3)cc2)ccc1C. The lowest BCUT2D eigenvalue weighted by atomic mass is 10.1. The van der Waals surface area contributed by atoms with Gasteiger partial charge in [-0.15, -0.1) is 0 Å². The van der Waals surface area contributed by atoms with Crippen LogP contribution in [0.2, 0.25) is 0 Å². The topological polar surface area (TPSA) is 78.5 Å². The van der Waals surface area contributed by atoms with Crippen LogP contribution in [0.1, 0.15) is 34.3 Å². The van der Waals surface area contributed by atoms with Crippen LogP contribution in [0, 0.1) is 13.8 Å². The van der Waals surface area contributed by atoms with E-state index in [1.807, 2.05) is 43.3 Å². The van der Waals surface area contributed by atoms with Crippen molar-refractivity contribution in [3.05, 3.63) is 83.4 Å². The van der Waals surface area contributed by atoms with Crippen molar-refractivity contribution in [2.45, 2.75) is 31.6 Å². The van der Waals surface area contributed by atoms with Gasteiger partial charge >= 0.3 is 0 Å². The smallest absolute Gasteiger partial charge is 0.262 e. The van der Waals surface area contributed by atoms with Gasteiger partial charge in [-0.2, -0.15) is 0 Å². The molecule has 0 atom stereocenters. The molecule has 3 aromatic carbocycles. The van der Waals surface area contributed by atoms with Gasteiger partial charge in [-0.05, 0) is 80.3 Å². The number of benzene rings is 3. The zero-order chi connectivity index (χ0) is 22.7. The number of sulfonamides is 1. The predicted molar refractivity (Wildman–Crippen MR) is 129 cm³/mol. The molecule has 6 nitrogen and oxygen atoms in total. The third kappa shape index (κ3) is 4.78. The van der Waals surface area contributed by atoms with Gasteiger partial charge in [0.25, 0.3) is 15.9 Å². The zero-order valence-corrected chi connectivity index (χ0v) is 19.1. The molecule has 3 aromatic rings. The molecule has 0 unspecified atom stereocenters. The summed E-state index contributed by atoms with van der Waals surface area (Å²) in [5.41, 5.74) is 3.99. The number of nitrogens with zero attached hydrogens (tertiary/aromatic N) is 1. The van der Waals surface area contributed by atoms with E-state index in [1.54, 1.807) is 31.2 Å². The molecule has 1 amide bonds. The Hall–Kier alpha value is -3.32. The summed E-state index contributed by atoms with van der Waals surface area (Å²) in [7, 11) is -3.85. The van der Waals surface area contributed by atoms with Crippen molar-refractivity contribution in [1.82, 2.24) is 0 Å². The van der Waals surface area contributed by atoms with Gasteiger partial charge < -0.3 is 10.2 Å². The van der Waals surface area contributed by atoms with Crippen LogP contribution in [0.5, 0.6) is 0 Å². The van der Waals surface area contributed by atoms with Crippen molar-refractivity contribution in [3.63, 3.8) is 0 Å². The Morgan fingerprint density at radius 2 is 1.56 bits per heavy atom. The molecule has 1 aliphatic heterocycles. The molecule has 7 heteroatoms. The maximum Gasteiger partial charge on any atom is 0.262 e. The summed E-state index contributed by atoms with van der Waals surface area (Å²) in [5.74, 6) is -0.355. The maximum absolute atomic E-state index is 13.0. The van der Waals surface area contributed by atoms with Gasteiger partial charge in [0.1, 0.15) is 0 Å². The van der Waals surface area contributed by atoms with E-state index in [-0.39, 0.29) is 16.4 Å². The summed E-state index contributed by atoms with van der Waals surface area (Å²) in [6, 6.07) is 19.6. The lowest BCUT2D eigenvalue weighted by molar-refractivity contribution is 0.102. The Bertz CT molecular complexity index is 1230. The standard InChI is InChI=1S/C25H27N3O3S/c1-18-7-3-4-8-23(18)27-32(30,31)24-17-20(10-9-19(24)2)25(29)26-21-11-13-22(14-12-21)28-15-5-6-16-28/h3-4,7-14,17,27H,5-6,15-16H2,1-2H3,(H,26,29). The molecule has 32 heavy (non-hydrogen) atoms. The molecule has 1 aliphatic rings. The fourth-order valence-electron chi connectivity index (χ4n) is 3.85. The van der Waals surface area contributed by atoms with Gasteiger partial charge in [-0.1, -0.05) is 24.3 Å². The summed E-state index contributed by atoms with van der Waals surface area (Å²) in [5, 5.41) is 2.86. The highest BCUT2D eigenvalue weighted by Gasteiger charge is 2.20. The van der Waals surface area contributed by atoms with Crippen molar-refractivity contribution >= 4 is 33.0 Å². The van der Waals surface area contributed by atoms with Crippen LogP contribution in [-0.4, -0.2) is 27.4 Å². The maximum atomic E-state index is 13.0. The Balaban J connectivity index is 1.52. The highest BCUT2D eigenvalue weighted by Crippen LogP contribution is 2.25. The lowest BCUT2D eigenvalue weighted by Gasteiger charge is -2.18. The molecule has 0 aromatic heterocycles. The highest BCUT2D eigenvalue weighted by atomic mass is 32.2. The first-order valence-corrected chi connectivity index (χ1v) is 12.2. The summed E-state index contributed by atoms with van der Waals surface area (Å²) in [4.78, 5) is 15.2. The molecule has 166 valence electrons. The van der Waals surface area contributed by atoms with Gasteiger partial charge in [0, 0.05) is 30.0 Å². The highest BCUT2D eigenvalue weighted by molar-refractivity contribution is 7.92. The van der Waals surface area contributed by atoms with Crippen LogP contribution in [-0.2, 0) is 10.0 Å². The van der Waals surface area contributed by atoms with E-state index in [2.05, 4.69) is 14.9 Å². The van der Waals surface area contributed by atoms with E-state index in [4.69, 9.17) is 0 Å². The molecule has 4 rings (SSSR count). The number of hydrogen-bond acceptors (Lipinski definition) is 4. The number of carbonyl (C=O) groups is 1. The number of anilines is 3. The number of carbonyl (C=O) groups excluding carboxylic acids is 1. The van der Waals surface area contributed by atoms with E-state index in [0.717, 1.165) is 24.3 Å². The fraction of sp³-hybridized carbons (Fsp3) is 0.240. The van der Waals surface area contributed by atoms with Crippen molar-refractivity contribution < 1.29 is 13.2 Å². The summed E-state index contributed by atoms with van der Waals surface area (Å²) in [6.07, 6.45) is 2.41. The molecular formula is C25H27N3O3S. The third-order valence-electron chi connectivity index (χ3n) is 5.73. The second kappa shape index (κ2) is 9.04. The van der Waals surface area contributed by atoms with Crippen LogP contribution in [0.25, 0.3) is 0 Å². The molecule has 1 saturated heterocycles. The number of nitrogens with one attached hydrogen (secondary N) is 2. The number of amides is 1. The predicted octanol–water partition coefficient (Wildman–Crippen LogP) is 4.96. The largest absolute Gasteiger partial charge is 0.372 e. The Kier molecular flexibility index (Phi) is 6.19. The lowest BCUT2D eigenvalue weighted by Crippen LogP contribution is -2.18. The molecule has 1 fully saturated rings. The second-order valence-electron chi connectivity index (χ2n) is 8.10. The van der Waals surface area contributed by atoms with E-state index in [9.17, 15) is 13.2 Å². The van der Waals surface area contributed by atoms with Crippen molar-refractivity contribution in [2.75, 3.05) is 28.0 Å². The molecular weight excluding hydrogens is 422 g/mol. The zero-order valence-electron chi connectivity index (χ0n) is 18.3. The first kappa shape index (κ1) is 21.9. The molecule has 0 spiro atoms. The van der Waals surface area contributed by atoms with E-state index < -0.39 is 10.0 Å². The van der Waals surface area contributed by atoms with E-state index in [1.165, 1.54) is 18.9 Å². The first-order chi connectivity index (χ1) is 15.3. The second-order valence-corrected chi connectivity index (χ2v) is 9.75. The normalized spacial score (nSPS) is 13.8. The number of para-hydroxylation sites is 1. The quantitative estimate of drug-likeness (QED) is 0.558. The van der Waals surface area contributed by atoms with Crippen molar-refractivity contribution in [1.29, 1.82) is 0 Å². The van der Waals surface area contributed by atoms with Gasteiger partial charge in [-0.25, -0.2) is 8.42 Å². The van der Waals surface area contributed by atoms with Gasteiger partial charge in [0.05, 0.1) is 10.6 Å². The summed E-state index contributed by atoms with van der Waals surface area (Å²) >= 11 is 0. The van der Waals surface area contributed by atoms with Crippen LogP contribution in [0.15, 0.2) is 71.6 Å². The number of hydrogen-bond donors (Lipinski definition) is 2. The average Bonchev–Trinajstić information content (AvgIpc) is 3.31. The summed E-state index contributed by atoms with van der Waals surface area (Å²) < 4.78 is 28.7. The molecule has 0 saturated carbocycles. The summed E-state index contributed by atoms with van der Waals surface area (Å²) in [6.45, 7) is 5.67. The molecule has 2 N–H and O–H groups in total. The number of aryl methyl sites for hydroxylation is 2.